The molecule has 1 amide bonds. The molecule has 3 rings (SSSR count). The molecule has 1 fully saturated rings. The molecule has 2 heterocycles. The lowest BCUT2D eigenvalue weighted by Gasteiger charge is -2.37. The molecular weight excluding hydrogens is 334 g/mol. The zero-order valence-electron chi connectivity index (χ0n) is 15.2. The summed E-state index contributed by atoms with van der Waals surface area (Å²) >= 11 is 0. The van der Waals surface area contributed by atoms with E-state index in [-0.39, 0.29) is 12.5 Å². The Morgan fingerprint density at radius 1 is 1.31 bits per heavy atom. The monoisotopic (exact) mass is 357 g/mol. The second-order valence-corrected chi connectivity index (χ2v) is 7.02. The molecule has 0 bridgehead atoms. The van der Waals surface area contributed by atoms with Crippen molar-refractivity contribution < 1.29 is 19.4 Å². The number of methoxy groups -OCH3 is 1. The van der Waals surface area contributed by atoms with Crippen molar-refractivity contribution in [3.05, 3.63) is 41.7 Å². The van der Waals surface area contributed by atoms with Gasteiger partial charge in [0.05, 0.1) is 12.5 Å². The van der Waals surface area contributed by atoms with Crippen LogP contribution in [-0.2, 0) is 4.79 Å². The van der Waals surface area contributed by atoms with Crippen LogP contribution in [0, 0.1) is 12.3 Å². The molecule has 1 N–H and O–H groups in total. The molecule has 1 unspecified atom stereocenters. The third-order valence-electron chi connectivity index (χ3n) is 4.89. The lowest BCUT2D eigenvalue weighted by Crippen LogP contribution is -2.48. The summed E-state index contributed by atoms with van der Waals surface area (Å²) in [6, 6.07) is 7.38. The maximum atomic E-state index is 12.8. The molecule has 7 heteroatoms. The summed E-state index contributed by atoms with van der Waals surface area (Å²) in [4.78, 5) is 25.9. The van der Waals surface area contributed by atoms with E-state index in [4.69, 9.17) is 4.74 Å². The Morgan fingerprint density at radius 3 is 2.77 bits per heavy atom. The average molecular weight is 357 g/mol. The van der Waals surface area contributed by atoms with Crippen molar-refractivity contribution in [1.82, 2.24) is 14.7 Å². The van der Waals surface area contributed by atoms with Gasteiger partial charge in [0.1, 0.15) is 11.4 Å². The van der Waals surface area contributed by atoms with Gasteiger partial charge < -0.3 is 14.7 Å². The molecule has 0 saturated carbocycles. The number of amides is 1. The van der Waals surface area contributed by atoms with Gasteiger partial charge >= 0.3 is 5.97 Å². The van der Waals surface area contributed by atoms with Crippen LogP contribution in [0.2, 0.25) is 0 Å². The molecule has 2 aromatic rings. The number of aromatic nitrogens is 2. The number of aryl methyl sites for hydroxylation is 1. The molecule has 1 saturated heterocycles. The van der Waals surface area contributed by atoms with E-state index in [1.807, 2.05) is 25.1 Å². The third kappa shape index (κ3) is 3.29. The highest BCUT2D eigenvalue weighted by molar-refractivity contribution is 5.93. The van der Waals surface area contributed by atoms with Gasteiger partial charge in [-0.2, -0.15) is 5.10 Å². The summed E-state index contributed by atoms with van der Waals surface area (Å²) in [6.45, 7) is 4.40. The summed E-state index contributed by atoms with van der Waals surface area (Å²) in [5.41, 5.74) is 1.19. The molecular formula is C19H23N3O4. The van der Waals surface area contributed by atoms with E-state index in [9.17, 15) is 14.7 Å². The second kappa shape index (κ2) is 6.82. The first-order valence-corrected chi connectivity index (χ1v) is 8.57. The van der Waals surface area contributed by atoms with Crippen LogP contribution in [0.3, 0.4) is 0 Å². The maximum Gasteiger partial charge on any atom is 0.311 e. The number of nitrogens with zero attached hydrogens (tertiary/aromatic N) is 3. The van der Waals surface area contributed by atoms with Crippen LogP contribution in [0.4, 0.5) is 0 Å². The third-order valence-corrected chi connectivity index (χ3v) is 4.89. The number of piperidine rings is 1. The van der Waals surface area contributed by atoms with Gasteiger partial charge in [0.2, 0.25) is 0 Å². The standard InChI is InChI=1S/C19H23N3O4/c1-13-5-6-16(26-3)15(11-13)22-10-7-14(20-22)17(23)21-9-4-8-19(2,12-21)18(24)25/h5-7,10-11H,4,8-9,12H2,1-3H3,(H,24,25). The van der Waals surface area contributed by atoms with Crippen LogP contribution >= 0.6 is 0 Å². The van der Waals surface area contributed by atoms with Crippen LogP contribution in [-0.4, -0.2) is 51.9 Å². The van der Waals surface area contributed by atoms with Gasteiger partial charge in [0.25, 0.3) is 5.91 Å². The second-order valence-electron chi connectivity index (χ2n) is 7.02. The van der Waals surface area contributed by atoms with Crippen molar-refractivity contribution in [2.75, 3.05) is 20.2 Å². The quantitative estimate of drug-likeness (QED) is 0.909. The SMILES string of the molecule is COc1ccc(C)cc1-n1ccc(C(=O)N2CCCC(C)(C(=O)O)C2)n1. The number of hydrogen-bond acceptors (Lipinski definition) is 4. The van der Waals surface area contributed by atoms with Crippen LogP contribution in [0.5, 0.6) is 5.75 Å². The van der Waals surface area contributed by atoms with Crippen molar-refractivity contribution in [3.8, 4) is 11.4 Å². The van der Waals surface area contributed by atoms with E-state index < -0.39 is 11.4 Å². The Hall–Kier alpha value is -2.83. The number of rotatable bonds is 4. The number of benzene rings is 1. The molecule has 138 valence electrons. The van der Waals surface area contributed by atoms with Crippen molar-refractivity contribution in [3.63, 3.8) is 0 Å². The molecule has 1 atom stereocenters. The number of carboxylic acids is 1. The smallest absolute Gasteiger partial charge is 0.311 e. The largest absolute Gasteiger partial charge is 0.494 e. The Kier molecular flexibility index (Phi) is 4.71. The maximum absolute atomic E-state index is 12.8. The van der Waals surface area contributed by atoms with Crippen LogP contribution in [0.15, 0.2) is 30.5 Å². The van der Waals surface area contributed by atoms with Gasteiger partial charge in [-0.05, 0) is 50.5 Å². The number of carboxylic acid groups (broad SMARTS) is 1. The molecule has 7 nitrogen and oxygen atoms in total. The van der Waals surface area contributed by atoms with Gasteiger partial charge in [-0.3, -0.25) is 9.59 Å². The van der Waals surface area contributed by atoms with Crippen molar-refractivity contribution in [2.45, 2.75) is 26.7 Å². The van der Waals surface area contributed by atoms with E-state index in [0.29, 0.717) is 30.8 Å². The van der Waals surface area contributed by atoms with Crippen molar-refractivity contribution in [1.29, 1.82) is 0 Å². The lowest BCUT2D eigenvalue weighted by atomic mass is 9.82. The summed E-state index contributed by atoms with van der Waals surface area (Å²) < 4.78 is 6.98. The number of likely N-dealkylation sites (tertiary alicyclic amines) is 1. The van der Waals surface area contributed by atoms with E-state index in [2.05, 4.69) is 5.10 Å². The highest BCUT2D eigenvalue weighted by atomic mass is 16.5. The minimum Gasteiger partial charge on any atom is -0.494 e. The molecule has 0 radical (unpaired) electrons. The van der Waals surface area contributed by atoms with Gasteiger partial charge in [-0.1, -0.05) is 6.07 Å². The predicted octanol–water partition coefficient (Wildman–Crippen LogP) is 2.52. The lowest BCUT2D eigenvalue weighted by molar-refractivity contribution is -0.150. The minimum absolute atomic E-state index is 0.196. The van der Waals surface area contributed by atoms with Gasteiger partial charge in [0.15, 0.2) is 5.69 Å². The predicted molar refractivity (Wildman–Crippen MR) is 95.7 cm³/mol. The summed E-state index contributed by atoms with van der Waals surface area (Å²) in [6.07, 6.45) is 2.95. The van der Waals surface area contributed by atoms with Gasteiger partial charge in [-0.15, -0.1) is 0 Å². The van der Waals surface area contributed by atoms with E-state index in [0.717, 1.165) is 11.3 Å². The first-order chi connectivity index (χ1) is 12.3. The zero-order valence-corrected chi connectivity index (χ0v) is 15.2. The van der Waals surface area contributed by atoms with Gasteiger partial charge in [0, 0.05) is 19.3 Å². The fourth-order valence-electron chi connectivity index (χ4n) is 3.30. The molecule has 1 aliphatic rings. The number of ether oxygens (including phenoxy) is 1. The Bertz CT molecular complexity index is 845. The van der Waals surface area contributed by atoms with Crippen LogP contribution in [0.1, 0.15) is 35.8 Å². The van der Waals surface area contributed by atoms with Crippen molar-refractivity contribution >= 4 is 11.9 Å². The number of carbonyl (C=O) groups is 2. The zero-order chi connectivity index (χ0) is 18.9. The van der Waals surface area contributed by atoms with E-state index in [1.54, 1.807) is 35.9 Å². The first kappa shape index (κ1) is 18.0. The molecule has 1 aliphatic heterocycles. The fourth-order valence-corrected chi connectivity index (χ4v) is 3.30. The Morgan fingerprint density at radius 2 is 2.08 bits per heavy atom. The number of hydrogen-bond donors (Lipinski definition) is 1. The van der Waals surface area contributed by atoms with Crippen LogP contribution < -0.4 is 4.74 Å². The van der Waals surface area contributed by atoms with Crippen LogP contribution in [0.25, 0.3) is 5.69 Å². The molecule has 1 aromatic heterocycles. The normalized spacial score (nSPS) is 20.0. The van der Waals surface area contributed by atoms with E-state index in [1.165, 1.54) is 0 Å². The summed E-state index contributed by atoms with van der Waals surface area (Å²) in [5, 5.41) is 13.8. The van der Waals surface area contributed by atoms with E-state index >= 15 is 0 Å². The van der Waals surface area contributed by atoms with Crippen molar-refractivity contribution in [2.24, 2.45) is 5.41 Å². The van der Waals surface area contributed by atoms with Gasteiger partial charge in [-0.25, -0.2) is 4.68 Å². The fraction of sp³-hybridized carbons (Fsp3) is 0.421. The first-order valence-electron chi connectivity index (χ1n) is 8.57. The number of aliphatic carboxylic acids is 1. The minimum atomic E-state index is -0.907. The molecule has 1 aromatic carbocycles. The summed E-state index contributed by atoms with van der Waals surface area (Å²) in [5.74, 6) is -0.457. The average Bonchev–Trinajstić information content (AvgIpc) is 3.11. The summed E-state index contributed by atoms with van der Waals surface area (Å²) in [7, 11) is 1.59. The molecule has 0 spiro atoms. The highest BCUT2D eigenvalue weighted by Crippen LogP contribution is 2.30. The Labute approximate surface area is 152 Å². The Balaban J connectivity index is 1.85. The molecule has 26 heavy (non-hydrogen) atoms. The molecule has 0 aliphatic carbocycles. The topological polar surface area (TPSA) is 84.7 Å². The highest BCUT2D eigenvalue weighted by Gasteiger charge is 2.39. The number of carbonyl (C=O) groups excluding carboxylic acids is 1.